The summed E-state index contributed by atoms with van der Waals surface area (Å²) in [4.78, 5) is 12.4. The number of nitrogens with two attached hydrogens (primary N) is 1. The van der Waals surface area contributed by atoms with Crippen molar-refractivity contribution in [3.05, 3.63) is 57.5 Å². The SMILES string of the molecule is CC1(C)OB(c2cc(N)c(=O)n(Cc3ccc(Cl)cc3)c2)OC1(C)C. The quantitative estimate of drug-likeness (QED) is 0.854. The number of aromatic nitrogens is 1. The predicted octanol–water partition coefficient (Wildman–Crippen LogP) is 2.43. The highest BCUT2D eigenvalue weighted by molar-refractivity contribution is 6.62. The minimum absolute atomic E-state index is 0.168. The zero-order chi connectivity index (χ0) is 18.4. The number of pyridine rings is 1. The summed E-state index contributed by atoms with van der Waals surface area (Å²) < 4.78 is 13.7. The molecule has 1 saturated heterocycles. The molecule has 0 spiro atoms. The van der Waals surface area contributed by atoms with Gasteiger partial charge in [0.2, 0.25) is 0 Å². The van der Waals surface area contributed by atoms with Gasteiger partial charge in [0, 0.05) is 16.7 Å². The number of hydrogen-bond acceptors (Lipinski definition) is 4. The molecule has 3 rings (SSSR count). The minimum atomic E-state index is -0.565. The molecule has 0 bridgehead atoms. The third-order valence-corrected chi connectivity index (χ3v) is 5.18. The fourth-order valence-electron chi connectivity index (χ4n) is 2.69. The van der Waals surface area contributed by atoms with Gasteiger partial charge in [-0.25, -0.2) is 0 Å². The number of nitrogen functional groups attached to an aromatic ring is 1. The number of halogens is 1. The lowest BCUT2D eigenvalue weighted by Crippen LogP contribution is -2.41. The molecular formula is C18H22BClN2O3. The first-order valence-corrected chi connectivity index (χ1v) is 8.57. The van der Waals surface area contributed by atoms with Gasteiger partial charge in [-0.15, -0.1) is 0 Å². The van der Waals surface area contributed by atoms with Crippen molar-refractivity contribution in [3.8, 4) is 0 Å². The van der Waals surface area contributed by atoms with Crippen molar-refractivity contribution in [2.75, 3.05) is 5.73 Å². The van der Waals surface area contributed by atoms with E-state index in [1.165, 1.54) is 0 Å². The van der Waals surface area contributed by atoms with Gasteiger partial charge in [0.15, 0.2) is 0 Å². The molecule has 1 aliphatic rings. The summed E-state index contributed by atoms with van der Waals surface area (Å²) >= 11 is 5.91. The maximum absolute atomic E-state index is 12.4. The summed E-state index contributed by atoms with van der Waals surface area (Å²) in [6.07, 6.45) is 1.75. The van der Waals surface area contributed by atoms with Crippen molar-refractivity contribution in [3.63, 3.8) is 0 Å². The van der Waals surface area contributed by atoms with Gasteiger partial charge in [0.25, 0.3) is 5.56 Å². The Hall–Kier alpha value is -1.76. The van der Waals surface area contributed by atoms with E-state index in [-0.39, 0.29) is 11.2 Å². The molecule has 1 aromatic heterocycles. The smallest absolute Gasteiger partial charge is 0.399 e. The summed E-state index contributed by atoms with van der Waals surface area (Å²) in [7, 11) is -0.565. The highest BCUT2D eigenvalue weighted by atomic mass is 35.5. The predicted molar refractivity (Wildman–Crippen MR) is 101 cm³/mol. The van der Waals surface area contributed by atoms with E-state index in [0.29, 0.717) is 11.6 Å². The third kappa shape index (κ3) is 3.47. The van der Waals surface area contributed by atoms with Crippen molar-refractivity contribution >= 4 is 29.9 Å². The van der Waals surface area contributed by atoms with E-state index in [9.17, 15) is 4.79 Å². The third-order valence-electron chi connectivity index (χ3n) is 4.93. The van der Waals surface area contributed by atoms with Crippen LogP contribution in [0.15, 0.2) is 41.3 Å². The van der Waals surface area contributed by atoms with Crippen LogP contribution in [0.25, 0.3) is 0 Å². The van der Waals surface area contributed by atoms with Gasteiger partial charge in [-0.2, -0.15) is 0 Å². The molecule has 7 heteroatoms. The van der Waals surface area contributed by atoms with E-state index in [2.05, 4.69) is 0 Å². The van der Waals surface area contributed by atoms with E-state index >= 15 is 0 Å². The molecule has 0 atom stereocenters. The largest absolute Gasteiger partial charge is 0.496 e. The Morgan fingerprint density at radius 2 is 1.68 bits per heavy atom. The van der Waals surface area contributed by atoms with Gasteiger partial charge >= 0.3 is 7.12 Å². The Labute approximate surface area is 152 Å². The second kappa shape index (κ2) is 6.20. The van der Waals surface area contributed by atoms with Crippen LogP contribution >= 0.6 is 11.6 Å². The van der Waals surface area contributed by atoms with Gasteiger partial charge in [-0.3, -0.25) is 4.79 Å². The second-order valence-corrected chi connectivity index (χ2v) is 7.81. The average molecular weight is 361 g/mol. The molecular weight excluding hydrogens is 338 g/mol. The maximum Gasteiger partial charge on any atom is 0.496 e. The highest BCUT2D eigenvalue weighted by Gasteiger charge is 2.51. The number of benzene rings is 1. The van der Waals surface area contributed by atoms with Crippen LogP contribution in [0.4, 0.5) is 5.69 Å². The van der Waals surface area contributed by atoms with Crippen LogP contribution in [-0.4, -0.2) is 22.9 Å². The van der Waals surface area contributed by atoms with Crippen LogP contribution in [0.1, 0.15) is 33.3 Å². The van der Waals surface area contributed by atoms with Crippen LogP contribution in [0.3, 0.4) is 0 Å². The lowest BCUT2D eigenvalue weighted by molar-refractivity contribution is 0.00578. The first-order chi connectivity index (χ1) is 11.6. The molecule has 5 nitrogen and oxygen atoms in total. The fraction of sp³-hybridized carbons (Fsp3) is 0.389. The molecule has 0 unspecified atom stereocenters. The lowest BCUT2D eigenvalue weighted by Gasteiger charge is -2.32. The number of nitrogens with zero attached hydrogens (tertiary/aromatic N) is 1. The summed E-state index contributed by atoms with van der Waals surface area (Å²) in [6, 6.07) is 8.98. The molecule has 132 valence electrons. The molecule has 0 aliphatic carbocycles. The fourth-order valence-corrected chi connectivity index (χ4v) is 2.82. The maximum atomic E-state index is 12.4. The highest BCUT2D eigenvalue weighted by Crippen LogP contribution is 2.36. The van der Waals surface area contributed by atoms with Crippen LogP contribution in [0.5, 0.6) is 0 Å². The first kappa shape index (κ1) is 18.0. The van der Waals surface area contributed by atoms with E-state index in [0.717, 1.165) is 11.0 Å². The average Bonchev–Trinajstić information content (AvgIpc) is 2.74. The summed E-state index contributed by atoms with van der Waals surface area (Å²) in [5.74, 6) is 0. The van der Waals surface area contributed by atoms with E-state index < -0.39 is 18.3 Å². The van der Waals surface area contributed by atoms with Gasteiger partial charge in [0.1, 0.15) is 0 Å². The van der Waals surface area contributed by atoms with Gasteiger partial charge in [-0.1, -0.05) is 23.7 Å². The standard InChI is InChI=1S/C18H22BClN2O3/c1-17(2)18(3,4)25-19(24-17)13-9-15(21)16(23)22(11-13)10-12-5-7-14(20)8-6-12/h5-9,11H,10,21H2,1-4H3. The Balaban J connectivity index is 1.94. The molecule has 1 fully saturated rings. The molecule has 25 heavy (non-hydrogen) atoms. The Kier molecular flexibility index (Phi) is 4.48. The van der Waals surface area contributed by atoms with Gasteiger partial charge in [-0.05, 0) is 51.5 Å². The van der Waals surface area contributed by atoms with Crippen LogP contribution in [0, 0.1) is 0 Å². The van der Waals surface area contributed by atoms with Gasteiger partial charge in [0.05, 0.1) is 23.4 Å². The number of hydrogen-bond donors (Lipinski definition) is 1. The molecule has 2 aromatic rings. The molecule has 0 amide bonds. The molecule has 1 aromatic carbocycles. The second-order valence-electron chi connectivity index (χ2n) is 7.38. The summed E-state index contributed by atoms with van der Waals surface area (Å²) in [5.41, 5.74) is 6.64. The zero-order valence-corrected chi connectivity index (χ0v) is 15.6. The number of rotatable bonds is 3. The lowest BCUT2D eigenvalue weighted by atomic mass is 9.80. The minimum Gasteiger partial charge on any atom is -0.399 e. The summed E-state index contributed by atoms with van der Waals surface area (Å²) in [6.45, 7) is 8.34. The Bertz CT molecular complexity index is 830. The Morgan fingerprint density at radius 1 is 1.12 bits per heavy atom. The van der Waals surface area contributed by atoms with Crippen LogP contribution in [0.2, 0.25) is 5.02 Å². The Morgan fingerprint density at radius 3 is 2.24 bits per heavy atom. The van der Waals surface area contributed by atoms with E-state index in [1.54, 1.807) is 29.0 Å². The monoisotopic (exact) mass is 360 g/mol. The van der Waals surface area contributed by atoms with Crippen molar-refractivity contribution in [1.29, 1.82) is 0 Å². The zero-order valence-electron chi connectivity index (χ0n) is 14.9. The first-order valence-electron chi connectivity index (χ1n) is 8.19. The van der Waals surface area contributed by atoms with Crippen molar-refractivity contribution in [1.82, 2.24) is 4.57 Å². The molecule has 0 radical (unpaired) electrons. The number of anilines is 1. The van der Waals surface area contributed by atoms with Crippen LogP contribution in [-0.2, 0) is 15.9 Å². The topological polar surface area (TPSA) is 66.5 Å². The van der Waals surface area contributed by atoms with Crippen LogP contribution < -0.4 is 16.8 Å². The van der Waals surface area contributed by atoms with Crippen molar-refractivity contribution < 1.29 is 9.31 Å². The van der Waals surface area contributed by atoms with E-state index in [1.807, 2.05) is 39.8 Å². The van der Waals surface area contributed by atoms with Crippen molar-refractivity contribution in [2.24, 2.45) is 0 Å². The summed E-state index contributed by atoms with van der Waals surface area (Å²) in [5, 5.41) is 0.654. The normalized spacial score (nSPS) is 18.5. The molecule has 0 saturated carbocycles. The van der Waals surface area contributed by atoms with Crippen molar-refractivity contribution in [2.45, 2.75) is 45.4 Å². The molecule has 2 heterocycles. The molecule has 1 aliphatic heterocycles. The van der Waals surface area contributed by atoms with Gasteiger partial charge < -0.3 is 19.6 Å². The molecule has 2 N–H and O–H groups in total. The van der Waals surface area contributed by atoms with E-state index in [4.69, 9.17) is 26.6 Å².